The maximum atomic E-state index is 9.11. The van der Waals surface area contributed by atoms with Gasteiger partial charge in [0.1, 0.15) is 22.3 Å². The van der Waals surface area contributed by atoms with Gasteiger partial charge >= 0.3 is 0 Å². The van der Waals surface area contributed by atoms with E-state index in [0.717, 1.165) is 39.3 Å². The fourth-order valence-electron chi connectivity index (χ4n) is 17.7. The first-order valence-electron chi connectivity index (χ1n) is 46.5. The second-order valence-corrected chi connectivity index (χ2v) is 27.2. The highest BCUT2D eigenvalue weighted by Gasteiger charge is 2.51. The fourth-order valence-corrected chi connectivity index (χ4v) is 17.7. The van der Waals surface area contributed by atoms with E-state index in [0.29, 0.717) is 83.5 Å². The van der Waals surface area contributed by atoms with Gasteiger partial charge in [-0.05, 0) is 212 Å². The molecule has 2 heterocycles. The number of para-hydroxylation sites is 3. The third-order valence-electron chi connectivity index (χ3n) is 21.5. The topological polar surface area (TPSA) is 26.3 Å². The van der Waals surface area contributed by atoms with Crippen LogP contribution in [0.2, 0.25) is 0 Å². The van der Waals surface area contributed by atoms with Crippen molar-refractivity contribution in [1.29, 1.82) is 0 Å². The van der Waals surface area contributed by atoms with Crippen molar-refractivity contribution >= 4 is 109 Å². The summed E-state index contributed by atoms with van der Waals surface area (Å²) in [4.78, 5) is 0. The van der Waals surface area contributed by atoms with E-state index in [1.165, 1.54) is 44.1 Å². The molecule has 0 unspecified atom stereocenters. The third kappa shape index (κ3) is 9.98. The Bertz CT molecular complexity index is 7680. The van der Waals surface area contributed by atoms with Gasteiger partial charge in [-0.3, -0.25) is 0 Å². The summed E-state index contributed by atoms with van der Waals surface area (Å²) in [6, 6.07) is 53.4. The van der Waals surface area contributed by atoms with Gasteiger partial charge in [0, 0.05) is 32.7 Å². The number of hydrogen-bond acceptors (Lipinski definition) is 2. The molecular weight excluding hydrogens is 1230 g/mol. The van der Waals surface area contributed by atoms with Crippen molar-refractivity contribution in [1.82, 2.24) is 0 Å². The van der Waals surface area contributed by atoms with Gasteiger partial charge in [-0.15, -0.1) is 0 Å². The molecule has 23 rings (SSSR count). The predicted molar refractivity (Wildman–Crippen MR) is 431 cm³/mol. The molecule has 4 aliphatic rings. The van der Waals surface area contributed by atoms with Crippen LogP contribution in [0.1, 0.15) is 77.0 Å². The van der Waals surface area contributed by atoms with Crippen LogP contribution in [-0.4, -0.2) is 0 Å². The zero-order valence-corrected chi connectivity index (χ0v) is 54.8. The van der Waals surface area contributed by atoms with E-state index in [4.69, 9.17) is 41.7 Å². The number of hydrogen-bond donors (Lipinski definition) is 0. The zero-order valence-electron chi connectivity index (χ0n) is 78.8. The third-order valence-corrected chi connectivity index (χ3v) is 21.5. The summed E-state index contributed by atoms with van der Waals surface area (Å²) in [6.45, 7) is 0. The van der Waals surface area contributed by atoms with Crippen molar-refractivity contribution in [2.45, 2.75) is 43.9 Å². The van der Waals surface area contributed by atoms with E-state index in [1.807, 2.05) is 121 Å². The van der Waals surface area contributed by atoms with Gasteiger partial charge in [0.25, 0.3) is 0 Å². The number of rotatable bonds is 7. The van der Waals surface area contributed by atoms with Crippen molar-refractivity contribution in [3.05, 3.63) is 351 Å². The molecule has 0 N–H and O–H groups in total. The quantitative estimate of drug-likeness (QED) is 0.149. The van der Waals surface area contributed by atoms with Crippen LogP contribution in [-0.2, 0) is 5.41 Å². The standard InChI is InChI=1S/C36H32.2C32H20O/c1-2-8-27(9-3-1)34-30-10-4-6-12-32(30)35(33-13-7-5-11-31(33)34)28-14-16-29(17-15-28)36-21-24-18-25(22-36)20-26(19-24)23-36;1-2-11-21(12-3-1)30-23-14-4-6-16-25(23)31(26-17-7-5-15-24(26)30)28-19-10-18-27-22-13-8-9-20-29(22)33-32(27)28;1-2-10-21(11-3-1)31-24-13-4-6-15-26(24)32(27-16-7-5-14-25(27)31)22-18-19-30-28(20-22)23-12-8-9-17-29(23)33-30/h1-17,24-26H,18-23H2;2*1-20H/i4D,5D,6D,7D,10D,11D,12D,13D;4D,5D,6D,7D,14D,15D,16D,17D;4D,5D,6D,7D,13D,14D,15D,16D. The van der Waals surface area contributed by atoms with Crippen molar-refractivity contribution in [2.75, 3.05) is 0 Å². The van der Waals surface area contributed by atoms with Crippen LogP contribution in [0.5, 0.6) is 0 Å². The molecule has 2 aromatic heterocycles. The van der Waals surface area contributed by atoms with Crippen molar-refractivity contribution in [3.63, 3.8) is 0 Å². The maximum Gasteiger partial charge on any atom is 0.143 e. The molecule has 4 fully saturated rings. The lowest BCUT2D eigenvalue weighted by Gasteiger charge is -2.57. The number of benzene rings is 17. The van der Waals surface area contributed by atoms with Crippen LogP contribution in [0.4, 0.5) is 0 Å². The molecule has 0 spiro atoms. The zero-order chi connectivity index (χ0) is 88.1. The second kappa shape index (κ2) is 24.7. The molecule has 4 bridgehead atoms. The molecule has 484 valence electrons. The van der Waals surface area contributed by atoms with E-state index in [-0.39, 0.29) is 172 Å². The first-order valence-corrected chi connectivity index (χ1v) is 34.5. The van der Waals surface area contributed by atoms with E-state index >= 15 is 0 Å². The van der Waals surface area contributed by atoms with Crippen molar-refractivity contribution in [3.8, 4) is 66.8 Å². The summed E-state index contributed by atoms with van der Waals surface area (Å²) >= 11 is 0. The number of furan rings is 2. The average Bonchev–Trinajstić information content (AvgIpc) is 0.892. The van der Waals surface area contributed by atoms with Crippen LogP contribution in [0.15, 0.2) is 354 Å². The fraction of sp³-hybridized carbons (Fsp3) is 0.100. The minimum atomic E-state index is -0.431. The Balaban J connectivity index is 0.000000119. The van der Waals surface area contributed by atoms with Crippen LogP contribution >= 0.6 is 0 Å². The lowest BCUT2D eigenvalue weighted by molar-refractivity contribution is -0.00518. The molecule has 19 aromatic rings. The average molecular weight is 1330 g/mol. The highest BCUT2D eigenvalue weighted by atomic mass is 16.3. The molecule has 0 atom stereocenters. The highest BCUT2D eigenvalue weighted by Crippen LogP contribution is 2.61. The molecule has 0 aliphatic heterocycles. The van der Waals surface area contributed by atoms with Crippen LogP contribution < -0.4 is 0 Å². The van der Waals surface area contributed by atoms with E-state index in [1.54, 1.807) is 66.7 Å². The molecule has 4 aliphatic carbocycles. The largest absolute Gasteiger partial charge is 0.456 e. The van der Waals surface area contributed by atoms with Crippen LogP contribution in [0.3, 0.4) is 0 Å². The lowest BCUT2D eigenvalue weighted by atomic mass is 9.48. The molecule has 17 aromatic carbocycles. The van der Waals surface area contributed by atoms with Gasteiger partial charge in [-0.25, -0.2) is 0 Å². The Morgan fingerprint density at radius 3 is 0.951 bits per heavy atom. The highest BCUT2D eigenvalue weighted by molar-refractivity contribution is 6.26. The van der Waals surface area contributed by atoms with Crippen LogP contribution in [0, 0.1) is 17.8 Å². The Kier molecular flexibility index (Phi) is 9.72. The molecule has 4 saturated carbocycles. The molecule has 2 nitrogen and oxygen atoms in total. The smallest absolute Gasteiger partial charge is 0.143 e. The summed E-state index contributed by atoms with van der Waals surface area (Å²) in [5, 5.41) is 5.86. The van der Waals surface area contributed by atoms with E-state index in [9.17, 15) is 0 Å². The van der Waals surface area contributed by atoms with Crippen molar-refractivity contribution in [2.24, 2.45) is 17.8 Å². The normalized spacial score (nSPS) is 20.2. The van der Waals surface area contributed by atoms with Gasteiger partial charge in [0.15, 0.2) is 0 Å². The first kappa shape index (κ1) is 40.2. The molecule has 0 saturated heterocycles. The minimum absolute atomic E-state index is 0.167. The summed E-state index contributed by atoms with van der Waals surface area (Å²) in [5.74, 6) is 2.39. The monoisotopic (exact) mass is 1330 g/mol. The van der Waals surface area contributed by atoms with Crippen molar-refractivity contribution < 1.29 is 41.7 Å². The first-order chi connectivity index (χ1) is 60.5. The summed E-state index contributed by atoms with van der Waals surface area (Å²) in [6.07, 6.45) is 7.72. The molecule has 2 heteroatoms. The van der Waals surface area contributed by atoms with E-state index < -0.39 is 48.3 Å². The molecular formula is C100H72O2. The Labute approximate surface area is 627 Å². The van der Waals surface area contributed by atoms with Gasteiger partial charge in [-0.1, -0.05) is 321 Å². The SMILES string of the molecule is [2H]c1c([2H])c([2H])c2c(-c3ccc(C45CC6CC(CC(C6)C4)C5)cc3)c3c([2H])c([2H])c([2H])c([2H])c3c(-c3ccccc3)c2c1[2H].[2H]c1c([2H])c([2H])c2c(-c3ccc4oc5ccccc5c4c3)c3c([2H])c([2H])c([2H])c([2H])c3c(-c3ccccc3)c2c1[2H].[2H]c1c([2H])c([2H])c2c(-c3cccc4c3oc3ccccc34)c3c([2H])c([2H])c([2H])c([2H])c3c(-c3ccccc3)c2c1[2H]. The van der Waals surface area contributed by atoms with Gasteiger partial charge in [-0.2, -0.15) is 0 Å². The van der Waals surface area contributed by atoms with E-state index in [2.05, 4.69) is 12.1 Å². The Hall–Kier alpha value is -12.1. The lowest BCUT2D eigenvalue weighted by Crippen LogP contribution is -2.48. The summed E-state index contributed by atoms with van der Waals surface area (Å²) < 4.78 is 223. The van der Waals surface area contributed by atoms with Gasteiger partial charge in [0.05, 0.1) is 32.9 Å². The second-order valence-electron chi connectivity index (χ2n) is 27.2. The molecule has 0 amide bonds. The summed E-state index contributed by atoms with van der Waals surface area (Å²) in [5.41, 5.74) is 9.49. The minimum Gasteiger partial charge on any atom is -0.456 e. The van der Waals surface area contributed by atoms with Crippen LogP contribution in [0.25, 0.3) is 175 Å². The Morgan fingerprint density at radius 2 is 0.549 bits per heavy atom. The van der Waals surface area contributed by atoms with Gasteiger partial charge < -0.3 is 8.83 Å². The summed E-state index contributed by atoms with van der Waals surface area (Å²) in [7, 11) is 0. The molecule has 0 radical (unpaired) electrons. The molecule has 102 heavy (non-hydrogen) atoms. The maximum absolute atomic E-state index is 9.11. The Morgan fingerprint density at radius 1 is 0.245 bits per heavy atom. The number of fused-ring (bicyclic) bond motifs is 12. The van der Waals surface area contributed by atoms with Gasteiger partial charge in [0.2, 0.25) is 0 Å². The predicted octanol–water partition coefficient (Wildman–Crippen LogP) is 28.2.